The highest BCUT2D eigenvalue weighted by molar-refractivity contribution is 5.21. The van der Waals surface area contributed by atoms with Gasteiger partial charge in [-0.05, 0) is 74.5 Å². The van der Waals surface area contributed by atoms with Gasteiger partial charge in [-0.2, -0.15) is 0 Å². The van der Waals surface area contributed by atoms with E-state index >= 15 is 0 Å². The van der Waals surface area contributed by atoms with Gasteiger partial charge in [-0.1, -0.05) is 27.7 Å². The predicted molar refractivity (Wildman–Crippen MR) is 83.9 cm³/mol. The van der Waals surface area contributed by atoms with E-state index in [1.54, 1.807) is 0 Å². The average molecular weight is 292 g/mol. The van der Waals surface area contributed by atoms with Gasteiger partial charge in [-0.25, -0.2) is 0 Å². The largest absolute Gasteiger partial charge is 0.344 e. The van der Waals surface area contributed by atoms with Crippen molar-refractivity contribution in [3.8, 4) is 0 Å². The topological polar surface area (TPSA) is 18.5 Å². The van der Waals surface area contributed by atoms with Crippen molar-refractivity contribution in [3.63, 3.8) is 0 Å². The van der Waals surface area contributed by atoms with Crippen molar-refractivity contribution in [3.05, 3.63) is 0 Å². The third kappa shape index (κ3) is 1.52. The quantitative estimate of drug-likeness (QED) is 0.693. The minimum absolute atomic E-state index is 0.0798. The van der Waals surface area contributed by atoms with Crippen LogP contribution in [0.1, 0.15) is 73.6 Å². The Morgan fingerprint density at radius 2 is 1.71 bits per heavy atom. The maximum Gasteiger partial charge on any atom is 0.166 e. The molecule has 4 aliphatic rings. The highest BCUT2D eigenvalue weighted by Gasteiger charge is 2.74. The van der Waals surface area contributed by atoms with Gasteiger partial charge in [0.15, 0.2) is 5.79 Å². The normalized spacial score (nSPS) is 60.9. The smallest absolute Gasteiger partial charge is 0.166 e. The zero-order valence-electron chi connectivity index (χ0n) is 14.7. The third-order valence-corrected chi connectivity index (χ3v) is 8.31. The van der Waals surface area contributed by atoms with Gasteiger partial charge in [0.05, 0.1) is 11.7 Å². The molecule has 120 valence electrons. The van der Waals surface area contributed by atoms with Crippen LogP contribution in [0.3, 0.4) is 0 Å². The van der Waals surface area contributed by atoms with Crippen LogP contribution in [0, 0.1) is 28.6 Å². The SMILES string of the molecule is CC[C@]1(C)O[C@H]2C[C@@]34C[C@H](C(C)(C)[C@@H]3CC[C@H]4C)[C@@]2(C)O1. The van der Waals surface area contributed by atoms with Crippen LogP contribution >= 0.6 is 0 Å². The van der Waals surface area contributed by atoms with Crippen LogP contribution < -0.4 is 0 Å². The summed E-state index contributed by atoms with van der Waals surface area (Å²) >= 11 is 0. The molecule has 4 fully saturated rings. The summed E-state index contributed by atoms with van der Waals surface area (Å²) in [6, 6.07) is 0. The fourth-order valence-electron chi connectivity index (χ4n) is 7.06. The molecule has 0 N–H and O–H groups in total. The summed E-state index contributed by atoms with van der Waals surface area (Å²) in [7, 11) is 0. The van der Waals surface area contributed by atoms with Crippen molar-refractivity contribution in [2.45, 2.75) is 91.1 Å². The van der Waals surface area contributed by atoms with Crippen molar-refractivity contribution in [1.82, 2.24) is 0 Å². The van der Waals surface area contributed by atoms with E-state index in [2.05, 4.69) is 41.5 Å². The van der Waals surface area contributed by atoms with Gasteiger partial charge in [0.2, 0.25) is 0 Å². The minimum Gasteiger partial charge on any atom is -0.344 e. The summed E-state index contributed by atoms with van der Waals surface area (Å²) in [5, 5.41) is 0. The number of hydrogen-bond acceptors (Lipinski definition) is 2. The molecule has 0 aromatic heterocycles. The van der Waals surface area contributed by atoms with E-state index < -0.39 is 0 Å². The molecule has 0 radical (unpaired) electrons. The first-order valence-corrected chi connectivity index (χ1v) is 9.06. The van der Waals surface area contributed by atoms with Gasteiger partial charge in [-0.3, -0.25) is 0 Å². The Hall–Kier alpha value is -0.0800. The lowest BCUT2D eigenvalue weighted by Gasteiger charge is -2.47. The molecule has 21 heavy (non-hydrogen) atoms. The number of fused-ring (bicyclic) bond motifs is 3. The van der Waals surface area contributed by atoms with Crippen molar-refractivity contribution < 1.29 is 9.47 Å². The van der Waals surface area contributed by atoms with Gasteiger partial charge in [0, 0.05) is 0 Å². The Morgan fingerprint density at radius 3 is 2.38 bits per heavy atom. The van der Waals surface area contributed by atoms with E-state index in [0.29, 0.717) is 22.9 Å². The van der Waals surface area contributed by atoms with Gasteiger partial charge >= 0.3 is 0 Å². The second-order valence-corrected chi connectivity index (χ2v) is 9.43. The monoisotopic (exact) mass is 292 g/mol. The van der Waals surface area contributed by atoms with Crippen LogP contribution in [0.5, 0.6) is 0 Å². The first-order chi connectivity index (χ1) is 9.68. The lowest BCUT2D eigenvalue weighted by Crippen LogP contribution is -2.52. The lowest BCUT2D eigenvalue weighted by molar-refractivity contribution is -0.190. The van der Waals surface area contributed by atoms with Crippen LogP contribution in [0.15, 0.2) is 0 Å². The summed E-state index contributed by atoms with van der Waals surface area (Å²) in [6.45, 7) is 14.2. The van der Waals surface area contributed by atoms with Crippen LogP contribution in [0.4, 0.5) is 0 Å². The molecule has 0 aromatic carbocycles. The Bertz CT molecular complexity index is 472. The van der Waals surface area contributed by atoms with Crippen molar-refractivity contribution in [1.29, 1.82) is 0 Å². The molecule has 3 saturated carbocycles. The maximum absolute atomic E-state index is 6.63. The predicted octanol–water partition coefficient (Wildman–Crippen LogP) is 4.77. The van der Waals surface area contributed by atoms with Gasteiger partial charge < -0.3 is 9.47 Å². The zero-order valence-corrected chi connectivity index (χ0v) is 14.7. The van der Waals surface area contributed by atoms with E-state index in [-0.39, 0.29) is 11.4 Å². The molecule has 0 aromatic rings. The first-order valence-electron chi connectivity index (χ1n) is 9.06. The summed E-state index contributed by atoms with van der Waals surface area (Å²) in [5.74, 6) is 2.00. The molecular weight excluding hydrogens is 260 g/mol. The van der Waals surface area contributed by atoms with Crippen molar-refractivity contribution in [2.75, 3.05) is 0 Å². The van der Waals surface area contributed by atoms with E-state index in [4.69, 9.17) is 9.47 Å². The summed E-state index contributed by atoms with van der Waals surface area (Å²) < 4.78 is 13.1. The Morgan fingerprint density at radius 1 is 1.00 bits per heavy atom. The highest BCUT2D eigenvalue weighted by Crippen LogP contribution is 2.75. The molecular formula is C19H32O2. The second-order valence-electron chi connectivity index (χ2n) is 9.43. The molecule has 0 amide bonds. The van der Waals surface area contributed by atoms with Gasteiger partial charge in [0.25, 0.3) is 0 Å². The Balaban J connectivity index is 1.79. The van der Waals surface area contributed by atoms with Gasteiger partial charge in [0.1, 0.15) is 0 Å². The molecule has 2 nitrogen and oxygen atoms in total. The van der Waals surface area contributed by atoms with Gasteiger partial charge in [-0.15, -0.1) is 0 Å². The average Bonchev–Trinajstić information content (AvgIpc) is 2.92. The van der Waals surface area contributed by atoms with Crippen LogP contribution in [-0.4, -0.2) is 17.5 Å². The molecule has 1 heterocycles. The number of hydrogen-bond donors (Lipinski definition) is 0. The lowest BCUT2D eigenvalue weighted by atomic mass is 9.63. The molecule has 7 atom stereocenters. The molecule has 1 aliphatic heterocycles. The standard InChI is InChI=1S/C19H32O2/c1-7-17(5)20-15-11-19-10-14(18(15,6)21-17)16(3,4)13(19)9-8-12(19)2/h12-15H,7-11H2,1-6H3/t12-,13+,14-,15+,17-,18-,19-/m1/s1. The van der Waals surface area contributed by atoms with Crippen LogP contribution in [-0.2, 0) is 9.47 Å². The van der Waals surface area contributed by atoms with Crippen LogP contribution in [0.2, 0.25) is 0 Å². The zero-order chi connectivity index (χ0) is 15.3. The summed E-state index contributed by atoms with van der Waals surface area (Å²) in [4.78, 5) is 0. The van der Waals surface area contributed by atoms with Crippen molar-refractivity contribution >= 4 is 0 Å². The van der Waals surface area contributed by atoms with E-state index in [0.717, 1.165) is 18.3 Å². The molecule has 1 saturated heterocycles. The van der Waals surface area contributed by atoms with Crippen molar-refractivity contribution in [2.24, 2.45) is 28.6 Å². The Labute approximate surface area is 130 Å². The Kier molecular flexibility index (Phi) is 2.67. The minimum atomic E-state index is -0.367. The molecule has 4 rings (SSSR count). The second kappa shape index (κ2) is 3.87. The maximum atomic E-state index is 6.63. The van der Waals surface area contributed by atoms with Crippen LogP contribution in [0.25, 0.3) is 0 Å². The molecule has 2 bridgehead atoms. The van der Waals surface area contributed by atoms with E-state index in [1.807, 2.05) is 0 Å². The summed E-state index contributed by atoms with van der Waals surface area (Å²) in [6.07, 6.45) is 6.66. The number of rotatable bonds is 1. The first kappa shape index (κ1) is 14.5. The molecule has 1 spiro atoms. The van der Waals surface area contributed by atoms with E-state index in [1.165, 1.54) is 25.7 Å². The molecule has 2 heteroatoms. The fourth-order valence-corrected chi connectivity index (χ4v) is 7.06. The molecule has 0 unspecified atom stereocenters. The third-order valence-electron chi connectivity index (χ3n) is 8.31. The molecule has 3 aliphatic carbocycles. The number of ether oxygens (including phenoxy) is 2. The fraction of sp³-hybridized carbons (Fsp3) is 1.00. The summed E-state index contributed by atoms with van der Waals surface area (Å²) in [5.41, 5.74) is 0.834. The highest BCUT2D eigenvalue weighted by atomic mass is 16.8. The van der Waals surface area contributed by atoms with E-state index in [9.17, 15) is 0 Å².